The standard InChI is InChI=1S/C23H25F6N3O3S/c1-4-32-20(35-18-10-8-16(9-11-18)23(27,28)29)13-19(30-32)15-6-5-7-17(12-15)21(2,3)31-36(33,34)14-22(24,25)26/h5-6,8-13,17,31H,4,7,14H2,1-3H3. The molecule has 0 amide bonds. The second-order valence-corrected chi connectivity index (χ2v) is 10.6. The van der Waals surface area contributed by atoms with Crippen molar-refractivity contribution >= 4 is 15.6 Å². The zero-order valence-electron chi connectivity index (χ0n) is 19.6. The van der Waals surface area contributed by atoms with Gasteiger partial charge in [0.15, 0.2) is 5.75 Å². The summed E-state index contributed by atoms with van der Waals surface area (Å²) in [6.45, 7) is 5.19. The van der Waals surface area contributed by atoms with Crippen molar-refractivity contribution < 1.29 is 39.5 Å². The van der Waals surface area contributed by atoms with E-state index in [1.54, 1.807) is 31.2 Å². The molecule has 0 aliphatic heterocycles. The van der Waals surface area contributed by atoms with E-state index < -0.39 is 45.1 Å². The third-order valence-corrected chi connectivity index (χ3v) is 7.05. The van der Waals surface area contributed by atoms with Crippen molar-refractivity contribution in [3.05, 3.63) is 59.8 Å². The van der Waals surface area contributed by atoms with Crippen molar-refractivity contribution in [2.24, 2.45) is 5.92 Å². The molecule has 0 radical (unpaired) electrons. The van der Waals surface area contributed by atoms with Crippen LogP contribution in [0.1, 0.15) is 38.4 Å². The van der Waals surface area contributed by atoms with Crippen LogP contribution in [0.3, 0.4) is 0 Å². The third-order valence-electron chi connectivity index (χ3n) is 5.51. The maximum atomic E-state index is 12.8. The van der Waals surface area contributed by atoms with E-state index in [2.05, 4.69) is 9.82 Å². The lowest BCUT2D eigenvalue weighted by Crippen LogP contribution is -2.50. The van der Waals surface area contributed by atoms with Crippen LogP contribution >= 0.6 is 0 Å². The van der Waals surface area contributed by atoms with Crippen LogP contribution in [-0.2, 0) is 22.7 Å². The number of rotatable bonds is 8. The molecule has 1 N–H and O–H groups in total. The second kappa shape index (κ2) is 9.92. The number of hydrogen-bond acceptors (Lipinski definition) is 4. The van der Waals surface area contributed by atoms with Gasteiger partial charge in [0.2, 0.25) is 15.9 Å². The number of alkyl halides is 6. The zero-order chi connectivity index (χ0) is 26.9. The fraction of sp³-hybridized carbons (Fsp3) is 0.435. The van der Waals surface area contributed by atoms with Gasteiger partial charge < -0.3 is 4.74 Å². The average Bonchev–Trinajstić information content (AvgIpc) is 3.14. The summed E-state index contributed by atoms with van der Waals surface area (Å²) in [6, 6.07) is 5.78. The molecule has 36 heavy (non-hydrogen) atoms. The van der Waals surface area contributed by atoms with Crippen LogP contribution in [-0.4, -0.2) is 35.7 Å². The van der Waals surface area contributed by atoms with Gasteiger partial charge in [-0.3, -0.25) is 0 Å². The average molecular weight is 538 g/mol. The molecule has 0 spiro atoms. The summed E-state index contributed by atoms with van der Waals surface area (Å²) < 4.78 is 110. The number of benzene rings is 1. The van der Waals surface area contributed by atoms with Crippen LogP contribution in [0.4, 0.5) is 26.3 Å². The number of halogens is 6. The molecule has 1 aromatic carbocycles. The summed E-state index contributed by atoms with van der Waals surface area (Å²) in [5.74, 6) is -2.01. The van der Waals surface area contributed by atoms with Gasteiger partial charge in [0.25, 0.3) is 0 Å². The van der Waals surface area contributed by atoms with Gasteiger partial charge in [-0.1, -0.05) is 18.2 Å². The Balaban J connectivity index is 1.82. The van der Waals surface area contributed by atoms with Crippen LogP contribution < -0.4 is 9.46 Å². The maximum absolute atomic E-state index is 12.8. The Bertz CT molecular complexity index is 1240. The molecular weight excluding hydrogens is 512 g/mol. The van der Waals surface area contributed by atoms with Crippen molar-refractivity contribution in [3.63, 3.8) is 0 Å². The maximum Gasteiger partial charge on any atom is 0.416 e. The Labute approximate surface area is 204 Å². The first-order valence-corrected chi connectivity index (χ1v) is 12.5. The van der Waals surface area contributed by atoms with Crippen molar-refractivity contribution in [2.75, 3.05) is 5.75 Å². The van der Waals surface area contributed by atoms with Gasteiger partial charge in [0.05, 0.1) is 11.3 Å². The van der Waals surface area contributed by atoms with Crippen LogP contribution in [0.2, 0.25) is 0 Å². The van der Waals surface area contributed by atoms with E-state index in [0.29, 0.717) is 24.2 Å². The van der Waals surface area contributed by atoms with Crippen molar-refractivity contribution in [1.82, 2.24) is 14.5 Å². The number of nitrogens with one attached hydrogen (secondary N) is 1. The molecule has 0 bridgehead atoms. The minimum absolute atomic E-state index is 0.176. The SMILES string of the molecule is CCn1nc(C2=CC(C(C)(C)NS(=O)(=O)CC(F)(F)F)CC=C2)cc1Oc1ccc(C(F)(F)F)cc1. The van der Waals surface area contributed by atoms with E-state index in [1.165, 1.54) is 30.7 Å². The second-order valence-electron chi connectivity index (χ2n) is 8.87. The van der Waals surface area contributed by atoms with Crippen LogP contribution in [0.5, 0.6) is 11.6 Å². The normalized spacial score (nSPS) is 17.2. The van der Waals surface area contributed by atoms with Crippen molar-refractivity contribution in [1.29, 1.82) is 0 Å². The lowest BCUT2D eigenvalue weighted by molar-refractivity contribution is -0.137. The Morgan fingerprint density at radius 3 is 2.31 bits per heavy atom. The lowest BCUT2D eigenvalue weighted by Gasteiger charge is -2.34. The number of aryl methyl sites for hydroxylation is 1. The number of allylic oxidation sites excluding steroid dienone is 3. The molecule has 0 saturated carbocycles. The van der Waals surface area contributed by atoms with Gasteiger partial charge in [-0.2, -0.15) is 31.4 Å². The zero-order valence-corrected chi connectivity index (χ0v) is 20.4. The van der Waals surface area contributed by atoms with E-state index in [9.17, 15) is 34.8 Å². The highest BCUT2D eigenvalue weighted by Gasteiger charge is 2.40. The predicted octanol–water partition coefficient (Wildman–Crippen LogP) is 5.93. The first-order valence-electron chi connectivity index (χ1n) is 10.9. The first-order chi connectivity index (χ1) is 16.5. The molecule has 1 heterocycles. The van der Waals surface area contributed by atoms with Gasteiger partial charge >= 0.3 is 12.4 Å². The molecule has 1 aliphatic rings. The van der Waals surface area contributed by atoms with E-state index in [4.69, 9.17) is 4.74 Å². The highest BCUT2D eigenvalue weighted by molar-refractivity contribution is 7.89. The van der Waals surface area contributed by atoms with Gasteiger partial charge in [-0.15, -0.1) is 0 Å². The molecule has 1 aromatic heterocycles. The molecule has 1 unspecified atom stereocenters. The van der Waals surface area contributed by atoms with Gasteiger partial charge in [0.1, 0.15) is 5.75 Å². The molecule has 1 atom stereocenters. The van der Waals surface area contributed by atoms with Gasteiger partial charge in [-0.05, 0) is 62.9 Å². The lowest BCUT2D eigenvalue weighted by atomic mass is 9.81. The van der Waals surface area contributed by atoms with Crippen molar-refractivity contribution in [3.8, 4) is 11.6 Å². The fourth-order valence-electron chi connectivity index (χ4n) is 3.77. The van der Waals surface area contributed by atoms with E-state index in [-0.39, 0.29) is 11.6 Å². The molecule has 3 rings (SSSR count). The Morgan fingerprint density at radius 2 is 1.75 bits per heavy atom. The van der Waals surface area contributed by atoms with Gasteiger partial charge in [0, 0.05) is 18.2 Å². The highest BCUT2D eigenvalue weighted by Crippen LogP contribution is 2.35. The van der Waals surface area contributed by atoms with Crippen LogP contribution in [0.25, 0.3) is 5.57 Å². The molecule has 1 aliphatic carbocycles. The Morgan fingerprint density at radius 1 is 1.11 bits per heavy atom. The number of aromatic nitrogens is 2. The minimum atomic E-state index is -4.87. The molecular formula is C23H25F6N3O3S. The van der Waals surface area contributed by atoms with E-state index >= 15 is 0 Å². The predicted molar refractivity (Wildman–Crippen MR) is 122 cm³/mol. The molecule has 6 nitrogen and oxygen atoms in total. The number of hydrogen-bond donors (Lipinski definition) is 1. The summed E-state index contributed by atoms with van der Waals surface area (Å²) in [4.78, 5) is 0. The monoisotopic (exact) mass is 537 g/mol. The fourth-order valence-corrected chi connectivity index (χ4v) is 5.22. The minimum Gasteiger partial charge on any atom is -0.439 e. The van der Waals surface area contributed by atoms with Crippen LogP contribution in [0.15, 0.2) is 48.6 Å². The topological polar surface area (TPSA) is 73.2 Å². The summed E-state index contributed by atoms with van der Waals surface area (Å²) in [5.41, 5.74) is -0.989. The quantitative estimate of drug-likeness (QED) is 0.424. The molecule has 0 saturated heterocycles. The summed E-state index contributed by atoms with van der Waals surface area (Å²) >= 11 is 0. The number of ether oxygens (including phenoxy) is 1. The smallest absolute Gasteiger partial charge is 0.416 e. The Kier molecular flexibility index (Phi) is 7.66. The van der Waals surface area contributed by atoms with E-state index in [0.717, 1.165) is 12.1 Å². The molecule has 0 fully saturated rings. The summed E-state index contributed by atoms with van der Waals surface area (Å²) in [6.07, 6.45) is -3.72. The molecule has 13 heteroatoms. The summed E-state index contributed by atoms with van der Waals surface area (Å²) in [7, 11) is -4.62. The third kappa shape index (κ3) is 7.12. The first kappa shape index (κ1) is 27.8. The van der Waals surface area contributed by atoms with E-state index in [1.807, 2.05) is 0 Å². The largest absolute Gasteiger partial charge is 0.439 e. The van der Waals surface area contributed by atoms with Gasteiger partial charge in [-0.25, -0.2) is 17.8 Å². The van der Waals surface area contributed by atoms with Crippen LogP contribution in [0, 0.1) is 5.92 Å². The molecule has 2 aromatic rings. The molecule has 198 valence electrons. The summed E-state index contributed by atoms with van der Waals surface area (Å²) in [5, 5.41) is 4.45. The highest BCUT2D eigenvalue weighted by atomic mass is 32.2. The number of nitrogens with zero attached hydrogens (tertiary/aromatic N) is 2. The number of sulfonamides is 1. The Hall–Kier alpha value is -2.80. The van der Waals surface area contributed by atoms with Crippen molar-refractivity contribution in [2.45, 2.75) is 51.6 Å².